The van der Waals surface area contributed by atoms with Crippen molar-refractivity contribution in [1.82, 2.24) is 4.98 Å². The highest BCUT2D eigenvalue weighted by atomic mass is 19.1. The summed E-state index contributed by atoms with van der Waals surface area (Å²) in [5.74, 6) is 0.248. The Morgan fingerprint density at radius 3 is 2.83 bits per heavy atom. The summed E-state index contributed by atoms with van der Waals surface area (Å²) in [6.45, 7) is 2.06. The van der Waals surface area contributed by atoms with Crippen LogP contribution in [0.1, 0.15) is 11.1 Å². The molecule has 4 heteroatoms. The van der Waals surface area contributed by atoms with Gasteiger partial charge in [0.2, 0.25) is 5.88 Å². The Balaban J connectivity index is 2.18. The van der Waals surface area contributed by atoms with E-state index in [-0.39, 0.29) is 12.4 Å². The molecule has 1 aromatic carbocycles. The van der Waals surface area contributed by atoms with Gasteiger partial charge in [0.05, 0.1) is 0 Å². The van der Waals surface area contributed by atoms with Crippen LogP contribution in [-0.2, 0) is 6.61 Å². The fourth-order valence-electron chi connectivity index (χ4n) is 1.70. The largest absolute Gasteiger partial charge is 0.472 e. The molecule has 0 saturated carbocycles. The molecule has 0 bridgehead atoms. The molecule has 0 aliphatic carbocycles. The maximum absolute atomic E-state index is 13.7. The Kier molecular flexibility index (Phi) is 3.77. The molecule has 0 aliphatic rings. The molecule has 0 unspecified atom stereocenters. The van der Waals surface area contributed by atoms with Gasteiger partial charge in [0, 0.05) is 30.1 Å². The van der Waals surface area contributed by atoms with Crippen molar-refractivity contribution < 1.29 is 9.13 Å². The average molecular weight is 246 g/mol. The average Bonchev–Trinajstić information content (AvgIpc) is 2.39. The van der Waals surface area contributed by atoms with E-state index in [1.54, 1.807) is 19.3 Å². The molecule has 2 rings (SSSR count). The number of hydrogen-bond acceptors (Lipinski definition) is 3. The zero-order valence-corrected chi connectivity index (χ0v) is 10.4. The van der Waals surface area contributed by atoms with E-state index in [0.717, 1.165) is 11.3 Å². The quantitative estimate of drug-likeness (QED) is 0.899. The first-order valence-corrected chi connectivity index (χ1v) is 5.72. The predicted octanol–water partition coefficient (Wildman–Crippen LogP) is 3.15. The second kappa shape index (κ2) is 5.49. The van der Waals surface area contributed by atoms with E-state index >= 15 is 0 Å². The van der Waals surface area contributed by atoms with Crippen molar-refractivity contribution in [2.45, 2.75) is 13.5 Å². The number of nitrogens with one attached hydrogen (secondary N) is 1. The number of aryl methyl sites for hydroxylation is 1. The number of ether oxygens (including phenoxy) is 1. The van der Waals surface area contributed by atoms with E-state index in [1.807, 2.05) is 25.1 Å². The molecular formula is C14H15FN2O. The second-order valence-corrected chi connectivity index (χ2v) is 3.93. The number of nitrogens with zero attached hydrogens (tertiary/aromatic N) is 1. The maximum Gasteiger partial charge on any atom is 0.216 e. The molecule has 1 N–H and O–H groups in total. The zero-order chi connectivity index (χ0) is 13.0. The van der Waals surface area contributed by atoms with Gasteiger partial charge in [-0.1, -0.05) is 12.1 Å². The minimum absolute atomic E-state index is 0.153. The summed E-state index contributed by atoms with van der Waals surface area (Å²) in [5.41, 5.74) is 2.16. The number of benzene rings is 1. The predicted molar refractivity (Wildman–Crippen MR) is 69.3 cm³/mol. The normalized spacial score (nSPS) is 10.2. The van der Waals surface area contributed by atoms with Crippen LogP contribution in [0.4, 0.5) is 10.1 Å². The molecule has 0 fully saturated rings. The van der Waals surface area contributed by atoms with Gasteiger partial charge in [-0.25, -0.2) is 9.37 Å². The van der Waals surface area contributed by atoms with Crippen molar-refractivity contribution in [3.8, 4) is 5.88 Å². The minimum atomic E-state index is -0.282. The molecule has 2 aromatic rings. The lowest BCUT2D eigenvalue weighted by Gasteiger charge is -2.12. The fourth-order valence-corrected chi connectivity index (χ4v) is 1.70. The van der Waals surface area contributed by atoms with Crippen LogP contribution in [0.5, 0.6) is 5.88 Å². The first-order chi connectivity index (χ1) is 8.72. The SMILES string of the molecule is CNc1cccc(F)c1COc1ncccc1C. The molecular weight excluding hydrogens is 231 g/mol. The summed E-state index contributed by atoms with van der Waals surface area (Å²) in [4.78, 5) is 4.11. The third kappa shape index (κ3) is 2.59. The number of rotatable bonds is 4. The molecule has 1 heterocycles. The molecule has 1 aromatic heterocycles. The van der Waals surface area contributed by atoms with Gasteiger partial charge in [-0.15, -0.1) is 0 Å². The lowest BCUT2D eigenvalue weighted by molar-refractivity contribution is 0.286. The molecule has 0 saturated heterocycles. The maximum atomic E-state index is 13.7. The van der Waals surface area contributed by atoms with E-state index in [4.69, 9.17) is 4.74 Å². The van der Waals surface area contributed by atoms with Gasteiger partial charge in [-0.2, -0.15) is 0 Å². The van der Waals surface area contributed by atoms with E-state index in [9.17, 15) is 4.39 Å². The monoisotopic (exact) mass is 246 g/mol. The summed E-state index contributed by atoms with van der Waals surface area (Å²) >= 11 is 0. The van der Waals surface area contributed by atoms with E-state index in [2.05, 4.69) is 10.3 Å². The van der Waals surface area contributed by atoms with Crippen LogP contribution in [0, 0.1) is 12.7 Å². The lowest BCUT2D eigenvalue weighted by Crippen LogP contribution is -2.04. The van der Waals surface area contributed by atoms with E-state index < -0.39 is 0 Å². The number of hydrogen-bond donors (Lipinski definition) is 1. The minimum Gasteiger partial charge on any atom is -0.472 e. The van der Waals surface area contributed by atoms with E-state index in [0.29, 0.717) is 11.4 Å². The smallest absolute Gasteiger partial charge is 0.216 e. The van der Waals surface area contributed by atoms with Gasteiger partial charge in [0.15, 0.2) is 0 Å². The van der Waals surface area contributed by atoms with Crippen molar-refractivity contribution in [3.05, 3.63) is 53.5 Å². The number of aromatic nitrogens is 1. The van der Waals surface area contributed by atoms with Crippen molar-refractivity contribution >= 4 is 5.69 Å². The van der Waals surface area contributed by atoms with Gasteiger partial charge in [0.25, 0.3) is 0 Å². The molecule has 0 radical (unpaired) electrons. The highest BCUT2D eigenvalue weighted by molar-refractivity contribution is 5.51. The van der Waals surface area contributed by atoms with Crippen LogP contribution in [0.3, 0.4) is 0 Å². The van der Waals surface area contributed by atoms with Gasteiger partial charge >= 0.3 is 0 Å². The van der Waals surface area contributed by atoms with Gasteiger partial charge in [-0.3, -0.25) is 0 Å². The van der Waals surface area contributed by atoms with Crippen LogP contribution < -0.4 is 10.1 Å². The first kappa shape index (κ1) is 12.4. The molecule has 3 nitrogen and oxygen atoms in total. The number of pyridine rings is 1. The van der Waals surface area contributed by atoms with Crippen LogP contribution in [0.2, 0.25) is 0 Å². The Hall–Kier alpha value is -2.10. The Labute approximate surface area is 106 Å². The third-order valence-corrected chi connectivity index (χ3v) is 2.70. The van der Waals surface area contributed by atoms with Gasteiger partial charge in [0.1, 0.15) is 12.4 Å². The molecule has 0 aliphatic heterocycles. The molecule has 18 heavy (non-hydrogen) atoms. The van der Waals surface area contributed by atoms with Crippen molar-refractivity contribution in [1.29, 1.82) is 0 Å². The Morgan fingerprint density at radius 1 is 1.28 bits per heavy atom. The highest BCUT2D eigenvalue weighted by Gasteiger charge is 2.09. The van der Waals surface area contributed by atoms with Crippen molar-refractivity contribution in [2.24, 2.45) is 0 Å². The summed E-state index contributed by atoms with van der Waals surface area (Å²) < 4.78 is 19.3. The standard InChI is InChI=1S/C14H15FN2O/c1-10-5-4-8-17-14(10)18-9-11-12(15)6-3-7-13(11)16-2/h3-8,16H,9H2,1-2H3. The first-order valence-electron chi connectivity index (χ1n) is 5.72. The highest BCUT2D eigenvalue weighted by Crippen LogP contribution is 2.21. The lowest BCUT2D eigenvalue weighted by atomic mass is 10.2. The van der Waals surface area contributed by atoms with E-state index in [1.165, 1.54) is 6.07 Å². The van der Waals surface area contributed by atoms with Crippen LogP contribution in [0.25, 0.3) is 0 Å². The van der Waals surface area contributed by atoms with Gasteiger partial charge < -0.3 is 10.1 Å². The Morgan fingerprint density at radius 2 is 2.11 bits per heavy atom. The van der Waals surface area contributed by atoms with Crippen LogP contribution in [-0.4, -0.2) is 12.0 Å². The fraction of sp³-hybridized carbons (Fsp3) is 0.214. The molecule has 0 amide bonds. The van der Waals surface area contributed by atoms with Crippen molar-refractivity contribution in [3.63, 3.8) is 0 Å². The Bertz CT molecular complexity index is 543. The van der Waals surface area contributed by atoms with Gasteiger partial charge in [-0.05, 0) is 25.1 Å². The number of halogens is 1. The van der Waals surface area contributed by atoms with Crippen molar-refractivity contribution in [2.75, 3.05) is 12.4 Å². The topological polar surface area (TPSA) is 34.1 Å². The number of anilines is 1. The summed E-state index contributed by atoms with van der Waals surface area (Å²) in [6.07, 6.45) is 1.66. The summed E-state index contributed by atoms with van der Waals surface area (Å²) in [6, 6.07) is 8.64. The van der Waals surface area contributed by atoms with Crippen LogP contribution >= 0.6 is 0 Å². The van der Waals surface area contributed by atoms with Crippen LogP contribution in [0.15, 0.2) is 36.5 Å². The summed E-state index contributed by atoms with van der Waals surface area (Å²) in [7, 11) is 1.75. The third-order valence-electron chi connectivity index (χ3n) is 2.70. The second-order valence-electron chi connectivity index (χ2n) is 3.93. The molecule has 0 spiro atoms. The zero-order valence-electron chi connectivity index (χ0n) is 10.4. The molecule has 94 valence electrons. The molecule has 0 atom stereocenters. The summed E-state index contributed by atoms with van der Waals surface area (Å²) in [5, 5.41) is 2.95.